The van der Waals surface area contributed by atoms with Gasteiger partial charge in [0, 0.05) is 73.0 Å². The molecule has 12 rings (SSSR count). The molecule has 1 aliphatic rings. The lowest BCUT2D eigenvalue weighted by atomic mass is 9.91. The third kappa shape index (κ3) is 6.97. The van der Waals surface area contributed by atoms with E-state index in [-0.39, 0.29) is 5.92 Å². The topological polar surface area (TPSA) is 63.9 Å². The molecule has 0 radical (unpaired) electrons. The Hall–Kier alpha value is -9.36. The summed E-state index contributed by atoms with van der Waals surface area (Å²) >= 11 is 0. The van der Waals surface area contributed by atoms with Crippen molar-refractivity contribution >= 4 is 72.0 Å². The smallest absolute Gasteiger partial charge is 0.0991 e. The van der Waals surface area contributed by atoms with E-state index in [2.05, 4.69) is 219 Å². The van der Waals surface area contributed by atoms with Crippen LogP contribution in [-0.4, -0.2) is 9.13 Å². The summed E-state index contributed by atoms with van der Waals surface area (Å²) in [6, 6.07) is 80.9. The maximum atomic E-state index is 9.68. The summed E-state index contributed by atoms with van der Waals surface area (Å²) in [5, 5.41) is 24.1. The van der Waals surface area contributed by atoms with Crippen molar-refractivity contribution in [2.45, 2.75) is 12.3 Å². The second-order valence-corrected chi connectivity index (χ2v) is 17.2. The quantitative estimate of drug-likeness (QED) is 0.145. The van der Waals surface area contributed by atoms with Crippen LogP contribution in [0.2, 0.25) is 0 Å². The van der Waals surface area contributed by atoms with E-state index in [4.69, 9.17) is 0 Å². The summed E-state index contributed by atoms with van der Waals surface area (Å²) in [6.07, 6.45) is 7.70. The van der Waals surface area contributed by atoms with Crippen molar-refractivity contribution in [1.29, 1.82) is 10.5 Å². The molecule has 68 heavy (non-hydrogen) atoms. The molecule has 0 bridgehead atoms. The van der Waals surface area contributed by atoms with Gasteiger partial charge < -0.3 is 18.9 Å². The Labute approximate surface area is 394 Å². The molecule has 11 aromatic rings. The first-order chi connectivity index (χ1) is 33.6. The van der Waals surface area contributed by atoms with Crippen LogP contribution in [0.5, 0.6) is 0 Å². The minimum absolute atomic E-state index is 0.172. The second kappa shape index (κ2) is 16.9. The van der Waals surface area contributed by atoms with Crippen molar-refractivity contribution in [3.8, 4) is 23.5 Å². The fourth-order valence-corrected chi connectivity index (χ4v) is 10.1. The zero-order valence-corrected chi connectivity index (χ0v) is 37.0. The average Bonchev–Trinajstić information content (AvgIpc) is 3.92. The van der Waals surface area contributed by atoms with Gasteiger partial charge >= 0.3 is 0 Å². The second-order valence-electron chi connectivity index (χ2n) is 17.2. The molecule has 0 spiro atoms. The average molecular weight is 871 g/mol. The van der Waals surface area contributed by atoms with E-state index in [0.29, 0.717) is 11.1 Å². The molecule has 9 aromatic carbocycles. The molecule has 2 heterocycles. The number of anilines is 5. The van der Waals surface area contributed by atoms with Crippen LogP contribution in [0.3, 0.4) is 0 Å². The number of fused-ring (bicyclic) bond motifs is 6. The van der Waals surface area contributed by atoms with Gasteiger partial charge in [0.1, 0.15) is 0 Å². The van der Waals surface area contributed by atoms with Gasteiger partial charge in [-0.25, -0.2) is 0 Å². The highest BCUT2D eigenvalue weighted by Gasteiger charge is 2.22. The van der Waals surface area contributed by atoms with Crippen LogP contribution in [0.25, 0.3) is 55.0 Å². The Bertz CT molecular complexity index is 3830. The fraction of sp³-hybridized carbons (Fsp3) is 0.0323. The van der Waals surface area contributed by atoms with E-state index in [1.807, 2.05) is 48.5 Å². The van der Waals surface area contributed by atoms with Crippen LogP contribution >= 0.6 is 0 Å². The predicted molar refractivity (Wildman–Crippen MR) is 279 cm³/mol. The monoisotopic (exact) mass is 870 g/mol. The summed E-state index contributed by atoms with van der Waals surface area (Å²) in [6.45, 7) is 0. The maximum absolute atomic E-state index is 9.68. The number of nitriles is 2. The van der Waals surface area contributed by atoms with E-state index in [1.54, 1.807) is 0 Å². The van der Waals surface area contributed by atoms with Gasteiger partial charge in [0.15, 0.2) is 0 Å². The number of allylic oxidation sites excluding steroid dienone is 3. The Morgan fingerprint density at radius 1 is 0.397 bits per heavy atom. The predicted octanol–water partition coefficient (Wildman–Crippen LogP) is 15.9. The number of nitrogens with zero attached hydrogens (tertiary/aromatic N) is 6. The SMILES string of the molecule is N#Cc1ccc(N(C2=CCC(c3ccc(N(c4ccc(C#N)cc4)c4ccc5c(c4)c4ccccc4n5-c4ccccc4)cc3)C=C2)c2ccc3c(c2)c2ccccc2n3-c2ccccc2)cc1. The normalized spacial score (nSPS) is 13.4. The van der Waals surface area contributed by atoms with Gasteiger partial charge in [-0.3, -0.25) is 0 Å². The first-order valence-electron chi connectivity index (χ1n) is 22.9. The number of rotatable bonds is 9. The van der Waals surface area contributed by atoms with Crippen molar-refractivity contribution in [3.63, 3.8) is 0 Å². The lowest BCUT2D eigenvalue weighted by Crippen LogP contribution is -2.17. The Balaban J connectivity index is 0.888. The standard InChI is InChI=1S/C62H42N6/c63-41-43-19-27-49(28-20-43)65(53-35-37-61-57(39-53)55-15-7-9-17-59(55)67(61)47-11-3-1-4-12-47)51-31-23-45(24-32-51)46-25-33-52(34-26-46)66(50-29-21-44(42-64)22-30-50)54-36-38-62-58(40-54)56-16-8-10-18-60(56)68(62)48-13-5-2-6-14-48/h1-25,27-40,46H,26H2. The highest BCUT2D eigenvalue weighted by Crippen LogP contribution is 2.43. The number of aromatic nitrogens is 2. The summed E-state index contributed by atoms with van der Waals surface area (Å²) in [7, 11) is 0. The van der Waals surface area contributed by atoms with E-state index < -0.39 is 0 Å². The minimum atomic E-state index is 0.172. The maximum Gasteiger partial charge on any atom is 0.0991 e. The van der Waals surface area contributed by atoms with Crippen LogP contribution in [0.4, 0.5) is 28.4 Å². The molecule has 0 aliphatic heterocycles. The highest BCUT2D eigenvalue weighted by atomic mass is 15.2. The molecular formula is C62H42N6. The first kappa shape index (κ1) is 40.2. The summed E-state index contributed by atoms with van der Waals surface area (Å²) in [5.74, 6) is 0.172. The molecule has 1 aliphatic carbocycles. The van der Waals surface area contributed by atoms with Crippen molar-refractivity contribution in [2.24, 2.45) is 0 Å². The zero-order chi connectivity index (χ0) is 45.6. The molecule has 1 atom stereocenters. The molecule has 0 saturated carbocycles. The van der Waals surface area contributed by atoms with E-state index in [1.165, 1.54) is 27.1 Å². The van der Waals surface area contributed by atoms with Crippen molar-refractivity contribution in [2.75, 3.05) is 9.80 Å². The molecule has 2 aromatic heterocycles. The first-order valence-corrected chi connectivity index (χ1v) is 22.9. The number of para-hydroxylation sites is 4. The third-order valence-corrected chi connectivity index (χ3v) is 13.3. The summed E-state index contributed by atoms with van der Waals surface area (Å²) < 4.78 is 4.67. The fourth-order valence-electron chi connectivity index (χ4n) is 10.1. The molecule has 320 valence electrons. The van der Waals surface area contributed by atoms with Crippen LogP contribution in [0, 0.1) is 22.7 Å². The number of hydrogen-bond acceptors (Lipinski definition) is 4. The van der Waals surface area contributed by atoms with Gasteiger partial charge in [-0.2, -0.15) is 10.5 Å². The van der Waals surface area contributed by atoms with Gasteiger partial charge in [0.05, 0.1) is 45.3 Å². The lowest BCUT2D eigenvalue weighted by Gasteiger charge is -2.29. The van der Waals surface area contributed by atoms with Crippen LogP contribution in [0.15, 0.2) is 242 Å². The van der Waals surface area contributed by atoms with Crippen molar-refractivity contribution in [1.82, 2.24) is 9.13 Å². The van der Waals surface area contributed by atoms with Gasteiger partial charge in [0.25, 0.3) is 0 Å². The highest BCUT2D eigenvalue weighted by molar-refractivity contribution is 6.12. The summed E-state index contributed by atoms with van der Waals surface area (Å²) in [5.41, 5.74) is 15.5. The minimum Gasteiger partial charge on any atom is -0.311 e. The van der Waals surface area contributed by atoms with Crippen molar-refractivity contribution < 1.29 is 0 Å². The Kier molecular flexibility index (Phi) is 9.98. The molecule has 1 unspecified atom stereocenters. The molecule has 0 amide bonds. The molecule has 6 heteroatoms. The van der Waals surface area contributed by atoms with Gasteiger partial charge in [-0.05, 0) is 152 Å². The van der Waals surface area contributed by atoms with Gasteiger partial charge in [-0.1, -0.05) is 97.1 Å². The molecule has 0 N–H and O–H groups in total. The Morgan fingerprint density at radius 3 is 1.28 bits per heavy atom. The third-order valence-electron chi connectivity index (χ3n) is 13.3. The number of benzene rings is 9. The molecule has 0 saturated heterocycles. The largest absolute Gasteiger partial charge is 0.311 e. The molecule has 0 fully saturated rings. The van der Waals surface area contributed by atoms with Crippen LogP contribution in [0.1, 0.15) is 29.0 Å². The van der Waals surface area contributed by atoms with Crippen molar-refractivity contribution in [3.05, 3.63) is 259 Å². The van der Waals surface area contributed by atoms with E-state index >= 15 is 0 Å². The van der Waals surface area contributed by atoms with Gasteiger partial charge in [0.2, 0.25) is 0 Å². The number of hydrogen-bond donors (Lipinski definition) is 0. The molecular weight excluding hydrogens is 829 g/mol. The van der Waals surface area contributed by atoms with E-state index in [0.717, 1.165) is 74.0 Å². The zero-order valence-electron chi connectivity index (χ0n) is 37.0. The van der Waals surface area contributed by atoms with Crippen LogP contribution < -0.4 is 9.80 Å². The summed E-state index contributed by atoms with van der Waals surface area (Å²) in [4.78, 5) is 4.58. The van der Waals surface area contributed by atoms with E-state index in [9.17, 15) is 10.5 Å². The Morgan fingerprint density at radius 2 is 0.809 bits per heavy atom. The lowest BCUT2D eigenvalue weighted by molar-refractivity contribution is 0.840. The van der Waals surface area contributed by atoms with Crippen LogP contribution in [-0.2, 0) is 0 Å². The molecule has 6 nitrogen and oxygen atoms in total. The van der Waals surface area contributed by atoms with Gasteiger partial charge in [-0.15, -0.1) is 0 Å².